The molecule has 1 amide bonds. The van der Waals surface area contributed by atoms with Crippen LogP contribution < -0.4 is 4.90 Å². The summed E-state index contributed by atoms with van der Waals surface area (Å²) in [6.07, 6.45) is -3.30. The van der Waals surface area contributed by atoms with Gasteiger partial charge in [0.15, 0.2) is 0 Å². The zero-order valence-corrected chi connectivity index (χ0v) is 19.9. The molecule has 5 nitrogen and oxygen atoms in total. The highest BCUT2D eigenvalue weighted by Gasteiger charge is 2.35. The number of hydrogen-bond donors (Lipinski definition) is 2. The molecule has 0 radical (unpaired) electrons. The lowest BCUT2D eigenvalue weighted by atomic mass is 9.91. The van der Waals surface area contributed by atoms with Gasteiger partial charge in [0.2, 0.25) is 0 Å². The van der Waals surface area contributed by atoms with Gasteiger partial charge in [-0.3, -0.25) is 4.79 Å². The highest BCUT2D eigenvalue weighted by Crippen LogP contribution is 2.37. The number of aliphatic hydroxyl groups is 1. The summed E-state index contributed by atoms with van der Waals surface area (Å²) in [6.45, 7) is 5.75. The van der Waals surface area contributed by atoms with Gasteiger partial charge in [-0.1, -0.05) is 11.8 Å². The van der Waals surface area contributed by atoms with Crippen molar-refractivity contribution < 1.29 is 33.0 Å². The van der Waals surface area contributed by atoms with Gasteiger partial charge in [-0.05, 0) is 76.8 Å². The largest absolute Gasteiger partial charge is 0.477 e. The molecular weight excluding hydrogens is 467 g/mol. The highest BCUT2D eigenvalue weighted by molar-refractivity contribution is 7.15. The summed E-state index contributed by atoms with van der Waals surface area (Å²) in [5.74, 6) is 4.21. The van der Waals surface area contributed by atoms with Crippen molar-refractivity contribution in [3.63, 3.8) is 0 Å². The molecule has 1 aliphatic carbocycles. The van der Waals surface area contributed by atoms with E-state index in [-0.39, 0.29) is 21.5 Å². The van der Waals surface area contributed by atoms with Crippen molar-refractivity contribution in [1.29, 1.82) is 0 Å². The third-order valence-corrected chi connectivity index (χ3v) is 6.46. The van der Waals surface area contributed by atoms with Crippen LogP contribution in [0.25, 0.3) is 0 Å². The molecule has 0 unspecified atom stereocenters. The lowest BCUT2D eigenvalue weighted by molar-refractivity contribution is -0.137. The van der Waals surface area contributed by atoms with Crippen LogP contribution >= 0.6 is 11.3 Å². The lowest BCUT2D eigenvalue weighted by Gasteiger charge is -2.35. The predicted octanol–water partition coefficient (Wildman–Crippen LogP) is 5.81. The summed E-state index contributed by atoms with van der Waals surface area (Å²) in [7, 11) is 0. The van der Waals surface area contributed by atoms with E-state index >= 15 is 0 Å². The number of hydrogen-bond acceptors (Lipinski definition) is 4. The van der Waals surface area contributed by atoms with Crippen molar-refractivity contribution in [2.45, 2.75) is 64.8 Å². The SMILES string of the molecule is CC(C)(C)C#Cc1cc(N(C(=O)c2ccc(C(F)(F)F)cc2)C2CCC(O)CC2)c(C(=O)O)s1. The van der Waals surface area contributed by atoms with Gasteiger partial charge in [0.1, 0.15) is 4.88 Å². The smallest absolute Gasteiger partial charge is 0.416 e. The Bertz CT molecular complexity index is 1110. The fourth-order valence-electron chi connectivity index (χ4n) is 3.75. The van der Waals surface area contributed by atoms with Gasteiger partial charge in [0.05, 0.1) is 22.2 Å². The fraction of sp³-hybridized carbons (Fsp3) is 0.440. The maximum atomic E-state index is 13.5. The van der Waals surface area contributed by atoms with Crippen LogP contribution in [0.5, 0.6) is 0 Å². The van der Waals surface area contributed by atoms with Crippen LogP contribution in [0.4, 0.5) is 18.9 Å². The summed E-state index contributed by atoms with van der Waals surface area (Å²) in [5.41, 5.74) is -1.01. The fourth-order valence-corrected chi connectivity index (χ4v) is 4.60. The summed E-state index contributed by atoms with van der Waals surface area (Å²) < 4.78 is 38.9. The van der Waals surface area contributed by atoms with E-state index in [4.69, 9.17) is 0 Å². The Labute approximate surface area is 200 Å². The second-order valence-corrected chi connectivity index (χ2v) is 10.4. The number of nitrogens with zero attached hydrogens (tertiary/aromatic N) is 1. The maximum Gasteiger partial charge on any atom is 0.416 e. The highest BCUT2D eigenvalue weighted by atomic mass is 32.1. The van der Waals surface area contributed by atoms with Gasteiger partial charge in [0.25, 0.3) is 5.91 Å². The molecule has 1 aliphatic rings. The number of thiophene rings is 1. The number of aromatic carboxylic acids is 1. The molecule has 0 spiro atoms. The zero-order chi connectivity index (χ0) is 25.3. The number of aliphatic hydroxyl groups excluding tert-OH is 1. The van der Waals surface area contributed by atoms with Crippen LogP contribution in [0, 0.1) is 17.3 Å². The average Bonchev–Trinajstić information content (AvgIpc) is 3.17. The number of carbonyl (C=O) groups excluding carboxylic acids is 1. The van der Waals surface area contributed by atoms with E-state index in [1.807, 2.05) is 20.8 Å². The Morgan fingerprint density at radius 3 is 2.15 bits per heavy atom. The van der Waals surface area contributed by atoms with E-state index in [0.717, 1.165) is 35.6 Å². The minimum atomic E-state index is -4.54. The van der Waals surface area contributed by atoms with Crippen molar-refractivity contribution in [3.8, 4) is 11.8 Å². The Kier molecular flexibility index (Phi) is 7.44. The number of carboxylic acid groups (broad SMARTS) is 1. The Morgan fingerprint density at radius 2 is 1.65 bits per heavy atom. The molecular formula is C25H26F3NO4S. The Hall–Kier alpha value is -2.83. The first-order valence-corrected chi connectivity index (χ1v) is 11.7. The van der Waals surface area contributed by atoms with Crippen LogP contribution in [0.3, 0.4) is 0 Å². The molecule has 0 atom stereocenters. The van der Waals surface area contributed by atoms with E-state index in [1.54, 1.807) is 6.07 Å². The van der Waals surface area contributed by atoms with Crippen LogP contribution in [-0.4, -0.2) is 34.2 Å². The number of benzene rings is 1. The third kappa shape index (κ3) is 6.19. The molecule has 1 heterocycles. The second kappa shape index (κ2) is 9.80. The monoisotopic (exact) mass is 493 g/mol. The van der Waals surface area contributed by atoms with Crippen molar-refractivity contribution in [3.05, 3.63) is 51.2 Å². The van der Waals surface area contributed by atoms with Gasteiger partial charge in [0, 0.05) is 17.0 Å². The summed E-state index contributed by atoms with van der Waals surface area (Å²) in [4.78, 5) is 27.4. The predicted molar refractivity (Wildman–Crippen MR) is 124 cm³/mol. The minimum absolute atomic E-state index is 0.0176. The van der Waals surface area contributed by atoms with Crippen molar-refractivity contribution >= 4 is 28.9 Å². The first-order chi connectivity index (χ1) is 15.8. The summed E-state index contributed by atoms with van der Waals surface area (Å²) >= 11 is 0.954. The summed E-state index contributed by atoms with van der Waals surface area (Å²) in [5, 5.41) is 19.7. The van der Waals surface area contributed by atoms with E-state index in [0.29, 0.717) is 30.6 Å². The lowest BCUT2D eigenvalue weighted by Crippen LogP contribution is -2.43. The van der Waals surface area contributed by atoms with E-state index in [1.165, 1.54) is 4.90 Å². The second-order valence-electron chi connectivity index (χ2n) is 9.34. The normalized spacial score (nSPS) is 18.7. The van der Waals surface area contributed by atoms with Crippen molar-refractivity contribution in [2.24, 2.45) is 5.41 Å². The number of anilines is 1. The molecule has 0 aliphatic heterocycles. The number of alkyl halides is 3. The first kappa shape index (κ1) is 25.8. The van der Waals surface area contributed by atoms with Crippen molar-refractivity contribution in [1.82, 2.24) is 0 Å². The van der Waals surface area contributed by atoms with Gasteiger partial charge >= 0.3 is 12.1 Å². The third-order valence-electron chi connectivity index (χ3n) is 5.44. The van der Waals surface area contributed by atoms with E-state index in [2.05, 4.69) is 11.8 Å². The zero-order valence-electron chi connectivity index (χ0n) is 19.1. The number of rotatable bonds is 4. The van der Waals surface area contributed by atoms with Crippen LogP contribution in [0.2, 0.25) is 0 Å². The molecule has 1 fully saturated rings. The van der Waals surface area contributed by atoms with E-state index in [9.17, 15) is 33.0 Å². The number of amides is 1. The molecule has 3 rings (SSSR count). The summed E-state index contributed by atoms with van der Waals surface area (Å²) in [6, 6.07) is 5.02. The first-order valence-electron chi connectivity index (χ1n) is 10.9. The molecule has 1 aromatic heterocycles. The molecule has 2 N–H and O–H groups in total. The molecule has 34 heavy (non-hydrogen) atoms. The van der Waals surface area contributed by atoms with Crippen molar-refractivity contribution in [2.75, 3.05) is 4.90 Å². The van der Waals surface area contributed by atoms with Crippen LogP contribution in [0.1, 0.15) is 76.9 Å². The minimum Gasteiger partial charge on any atom is -0.477 e. The molecule has 0 bridgehead atoms. The Morgan fingerprint density at radius 1 is 1.06 bits per heavy atom. The molecule has 1 saturated carbocycles. The molecule has 2 aromatic rings. The molecule has 182 valence electrons. The number of halogens is 3. The quantitative estimate of drug-likeness (QED) is 0.527. The van der Waals surface area contributed by atoms with Gasteiger partial charge < -0.3 is 15.1 Å². The van der Waals surface area contributed by atoms with Gasteiger partial charge in [-0.2, -0.15) is 13.2 Å². The van der Waals surface area contributed by atoms with E-state index < -0.39 is 35.8 Å². The van der Waals surface area contributed by atoms with Crippen LogP contribution in [0.15, 0.2) is 30.3 Å². The topological polar surface area (TPSA) is 77.8 Å². The van der Waals surface area contributed by atoms with Gasteiger partial charge in [-0.25, -0.2) is 4.79 Å². The number of carboxylic acids is 1. The average molecular weight is 494 g/mol. The molecule has 0 saturated heterocycles. The molecule has 1 aromatic carbocycles. The molecule has 9 heteroatoms. The maximum absolute atomic E-state index is 13.5. The van der Waals surface area contributed by atoms with Gasteiger partial charge in [-0.15, -0.1) is 11.3 Å². The number of carbonyl (C=O) groups is 2. The standard InChI is InChI=1S/C25H26F3NO4S/c1-24(2,3)13-12-19-14-20(21(34-19)23(32)33)29(17-8-10-18(30)11-9-17)22(31)15-4-6-16(7-5-15)25(26,27)28/h4-7,14,17-18,30H,8-11H2,1-3H3,(H,32,33). The Balaban J connectivity index is 2.08. The van der Waals surface area contributed by atoms with Crippen LogP contribution in [-0.2, 0) is 6.18 Å².